The molecule has 0 radical (unpaired) electrons. The number of amides is 2. The van der Waals surface area contributed by atoms with E-state index in [-0.39, 0.29) is 17.9 Å². The third kappa shape index (κ3) is 3.31. The first-order chi connectivity index (χ1) is 10.2. The van der Waals surface area contributed by atoms with Crippen LogP contribution in [-0.4, -0.2) is 18.6 Å². The minimum absolute atomic E-state index is 0.0281. The number of benzene rings is 2. The molecule has 2 aromatic carbocycles. The molecule has 0 saturated carbocycles. The lowest BCUT2D eigenvalue weighted by molar-refractivity contribution is 0.248. The van der Waals surface area contributed by atoms with Gasteiger partial charge in [0.25, 0.3) is 0 Å². The summed E-state index contributed by atoms with van der Waals surface area (Å²) in [5.41, 5.74) is 2.88. The Morgan fingerprint density at radius 3 is 2.71 bits per heavy atom. The van der Waals surface area contributed by atoms with Crippen molar-refractivity contribution in [2.24, 2.45) is 0 Å². The van der Waals surface area contributed by atoms with E-state index in [2.05, 4.69) is 16.0 Å². The molecule has 21 heavy (non-hydrogen) atoms. The minimum atomic E-state index is -0.325. The Hall–Kier alpha value is -2.56. The molecule has 1 atom stereocenters. The van der Waals surface area contributed by atoms with Gasteiger partial charge in [-0.05, 0) is 42.3 Å². The van der Waals surface area contributed by atoms with Crippen LogP contribution in [0.5, 0.6) is 0 Å². The first kappa shape index (κ1) is 13.4. The van der Waals surface area contributed by atoms with Crippen molar-refractivity contribution >= 4 is 17.4 Å². The molecule has 1 aliphatic heterocycles. The Morgan fingerprint density at radius 2 is 1.90 bits per heavy atom. The summed E-state index contributed by atoms with van der Waals surface area (Å²) in [4.78, 5) is 11.9. The van der Waals surface area contributed by atoms with Gasteiger partial charge in [0, 0.05) is 17.9 Å². The van der Waals surface area contributed by atoms with E-state index in [1.54, 1.807) is 0 Å². The third-order valence-electron chi connectivity index (χ3n) is 3.46. The van der Waals surface area contributed by atoms with Crippen LogP contribution in [0.25, 0.3) is 0 Å². The number of para-hydroxylation sites is 1. The van der Waals surface area contributed by atoms with E-state index in [0.717, 1.165) is 12.1 Å². The van der Waals surface area contributed by atoms with Gasteiger partial charge in [0.05, 0.1) is 6.04 Å². The number of hydrogen-bond acceptors (Lipinski definition) is 2. The fourth-order valence-corrected chi connectivity index (χ4v) is 2.43. The Balaban J connectivity index is 1.57. The van der Waals surface area contributed by atoms with Gasteiger partial charge in [-0.2, -0.15) is 0 Å². The highest BCUT2D eigenvalue weighted by molar-refractivity contribution is 5.89. The quantitative estimate of drug-likeness (QED) is 0.794. The molecule has 3 N–H and O–H groups in total. The maximum atomic E-state index is 12.8. The Kier molecular flexibility index (Phi) is 3.73. The molecule has 1 unspecified atom stereocenters. The molecule has 1 aliphatic rings. The van der Waals surface area contributed by atoms with Crippen LogP contribution in [0.3, 0.4) is 0 Å². The molecule has 0 spiro atoms. The molecule has 2 aromatic rings. The second-order valence-corrected chi connectivity index (χ2v) is 5.04. The van der Waals surface area contributed by atoms with Gasteiger partial charge in [-0.3, -0.25) is 0 Å². The van der Waals surface area contributed by atoms with E-state index in [0.29, 0.717) is 12.2 Å². The molecule has 0 fully saturated rings. The van der Waals surface area contributed by atoms with Crippen molar-refractivity contribution in [3.05, 3.63) is 59.9 Å². The number of nitrogens with one attached hydrogen (secondary N) is 3. The second kappa shape index (κ2) is 5.83. The number of urea groups is 1. The third-order valence-corrected chi connectivity index (χ3v) is 3.46. The molecule has 1 heterocycles. The van der Waals surface area contributed by atoms with Gasteiger partial charge in [0.2, 0.25) is 0 Å². The summed E-state index contributed by atoms with van der Waals surface area (Å²) >= 11 is 0. The molecule has 2 amide bonds. The number of hydrogen-bond donors (Lipinski definition) is 3. The highest BCUT2D eigenvalue weighted by Crippen LogP contribution is 2.21. The summed E-state index contributed by atoms with van der Waals surface area (Å²) < 4.78 is 12.8. The molecule has 0 aromatic heterocycles. The van der Waals surface area contributed by atoms with Crippen LogP contribution in [0.15, 0.2) is 48.5 Å². The monoisotopic (exact) mass is 285 g/mol. The van der Waals surface area contributed by atoms with Gasteiger partial charge in [-0.25, -0.2) is 9.18 Å². The van der Waals surface area contributed by atoms with Crippen molar-refractivity contribution < 1.29 is 9.18 Å². The topological polar surface area (TPSA) is 53.2 Å². The normalized spacial score (nSPS) is 16.5. The van der Waals surface area contributed by atoms with Gasteiger partial charge in [-0.15, -0.1) is 0 Å². The minimum Gasteiger partial charge on any atom is -0.383 e. The number of fused-ring (bicyclic) bond motifs is 1. The zero-order valence-electron chi connectivity index (χ0n) is 11.4. The van der Waals surface area contributed by atoms with Crippen molar-refractivity contribution in [3.63, 3.8) is 0 Å². The first-order valence-electron chi connectivity index (χ1n) is 6.85. The molecule has 0 bridgehead atoms. The van der Waals surface area contributed by atoms with Crippen molar-refractivity contribution in [2.75, 3.05) is 17.2 Å². The van der Waals surface area contributed by atoms with E-state index >= 15 is 0 Å². The van der Waals surface area contributed by atoms with Crippen LogP contribution < -0.4 is 16.0 Å². The average Bonchev–Trinajstić information content (AvgIpc) is 2.49. The van der Waals surface area contributed by atoms with Crippen LogP contribution >= 0.6 is 0 Å². The summed E-state index contributed by atoms with van der Waals surface area (Å²) in [7, 11) is 0. The van der Waals surface area contributed by atoms with Crippen molar-refractivity contribution in [1.82, 2.24) is 5.32 Å². The molecule has 0 saturated heterocycles. The largest absolute Gasteiger partial charge is 0.383 e. The van der Waals surface area contributed by atoms with Gasteiger partial charge >= 0.3 is 6.03 Å². The number of rotatable bonds is 2. The summed E-state index contributed by atoms with van der Waals surface area (Å²) in [5, 5.41) is 8.91. The predicted molar refractivity (Wildman–Crippen MR) is 81.0 cm³/mol. The first-order valence-corrected chi connectivity index (χ1v) is 6.85. The molecular weight excluding hydrogens is 269 g/mol. The van der Waals surface area contributed by atoms with Crippen molar-refractivity contribution in [1.29, 1.82) is 0 Å². The van der Waals surface area contributed by atoms with E-state index in [9.17, 15) is 9.18 Å². The lowest BCUT2D eigenvalue weighted by Crippen LogP contribution is -2.45. The predicted octanol–water partition coefficient (Wildman–Crippen LogP) is 2.98. The van der Waals surface area contributed by atoms with Gasteiger partial charge < -0.3 is 16.0 Å². The standard InChI is InChI=1S/C16H16FN3O/c17-12-5-7-13(8-6-12)19-16(21)20-14-9-11-3-1-2-4-15(11)18-10-14/h1-8,14,18H,9-10H2,(H2,19,20,21). The zero-order chi connectivity index (χ0) is 14.7. The molecule has 3 rings (SSSR count). The number of carbonyl (C=O) groups excluding carboxylic acids is 1. The van der Waals surface area contributed by atoms with Gasteiger partial charge in [0.15, 0.2) is 0 Å². The van der Waals surface area contributed by atoms with Crippen LogP contribution in [-0.2, 0) is 6.42 Å². The Labute approximate surface area is 122 Å². The van der Waals surface area contributed by atoms with Gasteiger partial charge in [-0.1, -0.05) is 18.2 Å². The van der Waals surface area contributed by atoms with Crippen LogP contribution in [0, 0.1) is 5.82 Å². The highest BCUT2D eigenvalue weighted by Gasteiger charge is 2.19. The van der Waals surface area contributed by atoms with Gasteiger partial charge in [0.1, 0.15) is 5.82 Å². The zero-order valence-corrected chi connectivity index (χ0v) is 11.4. The SMILES string of the molecule is O=C(Nc1ccc(F)cc1)NC1CNc2ccccc2C1. The molecule has 108 valence electrons. The second-order valence-electron chi connectivity index (χ2n) is 5.04. The summed E-state index contributed by atoms with van der Waals surface area (Å²) in [6, 6.07) is 13.5. The fraction of sp³-hybridized carbons (Fsp3) is 0.188. The van der Waals surface area contributed by atoms with E-state index < -0.39 is 0 Å². The molecule has 5 heteroatoms. The maximum Gasteiger partial charge on any atom is 0.319 e. The lowest BCUT2D eigenvalue weighted by atomic mass is 10.00. The van der Waals surface area contributed by atoms with E-state index in [4.69, 9.17) is 0 Å². The summed E-state index contributed by atoms with van der Waals surface area (Å²) in [6.07, 6.45) is 0.792. The molecule has 4 nitrogen and oxygen atoms in total. The Bertz CT molecular complexity index is 642. The van der Waals surface area contributed by atoms with Crippen LogP contribution in [0.4, 0.5) is 20.6 Å². The molecule has 0 aliphatic carbocycles. The van der Waals surface area contributed by atoms with E-state index in [1.165, 1.54) is 29.8 Å². The average molecular weight is 285 g/mol. The van der Waals surface area contributed by atoms with Crippen molar-refractivity contribution in [2.45, 2.75) is 12.5 Å². The fourth-order valence-electron chi connectivity index (χ4n) is 2.43. The van der Waals surface area contributed by atoms with Crippen LogP contribution in [0.2, 0.25) is 0 Å². The molecular formula is C16H16FN3O. The smallest absolute Gasteiger partial charge is 0.319 e. The number of halogens is 1. The van der Waals surface area contributed by atoms with E-state index in [1.807, 2.05) is 24.3 Å². The maximum absolute atomic E-state index is 12.8. The Morgan fingerprint density at radius 1 is 1.14 bits per heavy atom. The number of carbonyl (C=O) groups is 1. The van der Waals surface area contributed by atoms with Crippen LogP contribution in [0.1, 0.15) is 5.56 Å². The van der Waals surface area contributed by atoms with Crippen molar-refractivity contribution in [3.8, 4) is 0 Å². The number of anilines is 2. The summed E-state index contributed by atoms with van der Waals surface area (Å²) in [5.74, 6) is -0.325. The summed E-state index contributed by atoms with van der Waals surface area (Å²) in [6.45, 7) is 0.688. The lowest BCUT2D eigenvalue weighted by Gasteiger charge is -2.26. The highest BCUT2D eigenvalue weighted by atomic mass is 19.1.